The monoisotopic (exact) mass is 431 g/mol. The summed E-state index contributed by atoms with van der Waals surface area (Å²) in [6, 6.07) is 17.2. The highest BCUT2D eigenvalue weighted by Gasteiger charge is 2.51. The van der Waals surface area contributed by atoms with Gasteiger partial charge in [0.1, 0.15) is 5.75 Å². The lowest BCUT2D eigenvalue weighted by atomic mass is 10.0. The molecule has 2 heterocycles. The number of fused-ring (bicyclic) bond motifs is 1. The van der Waals surface area contributed by atoms with Gasteiger partial charge in [0.2, 0.25) is 8.32 Å². The lowest BCUT2D eigenvalue weighted by Crippen LogP contribution is -2.53. The number of aromatic nitrogens is 1. The Labute approximate surface area is 187 Å². The van der Waals surface area contributed by atoms with E-state index >= 15 is 0 Å². The molecule has 0 fully saturated rings. The Balaban J connectivity index is 2.00. The molecule has 0 bridgehead atoms. The second-order valence-electron chi connectivity index (χ2n) is 9.29. The fraction of sp³-hybridized carbons (Fsp3) is 0.370. The first-order chi connectivity index (χ1) is 14.8. The average Bonchev–Trinajstić information content (AvgIpc) is 3.14. The van der Waals surface area contributed by atoms with Crippen molar-refractivity contribution in [1.29, 1.82) is 0 Å². The smallest absolute Gasteiger partial charge is 0.232 e. The molecule has 0 atom stereocenters. The second kappa shape index (κ2) is 8.25. The van der Waals surface area contributed by atoms with Crippen molar-refractivity contribution in [1.82, 2.24) is 4.98 Å². The van der Waals surface area contributed by atoms with Crippen LogP contribution in [-0.2, 0) is 11.0 Å². The van der Waals surface area contributed by atoms with Gasteiger partial charge in [-0.2, -0.15) is 0 Å². The van der Waals surface area contributed by atoms with Crippen molar-refractivity contribution in [2.24, 2.45) is 0 Å². The molecule has 0 amide bonds. The fourth-order valence-corrected chi connectivity index (χ4v) is 10.3. The van der Waals surface area contributed by atoms with E-state index in [9.17, 15) is 0 Å². The highest BCUT2D eigenvalue weighted by molar-refractivity contribution is 6.90. The van der Waals surface area contributed by atoms with Crippen LogP contribution >= 0.6 is 0 Å². The lowest BCUT2D eigenvalue weighted by molar-refractivity contribution is 0.300. The molecular weight excluding hydrogens is 398 g/mol. The molecule has 1 aliphatic heterocycles. The quantitative estimate of drug-likeness (QED) is 0.430. The minimum Gasteiger partial charge on any atom is -0.496 e. The first kappa shape index (κ1) is 21.8. The van der Waals surface area contributed by atoms with Crippen molar-refractivity contribution in [3.05, 3.63) is 65.2 Å². The third-order valence-corrected chi connectivity index (χ3v) is 12.1. The van der Waals surface area contributed by atoms with E-state index < -0.39 is 8.32 Å². The molecule has 1 aliphatic rings. The molecule has 0 aliphatic carbocycles. The van der Waals surface area contributed by atoms with Gasteiger partial charge < -0.3 is 9.16 Å². The first-order valence-electron chi connectivity index (χ1n) is 11.2. The highest BCUT2D eigenvalue weighted by Crippen LogP contribution is 2.42. The molecule has 4 rings (SSSR count). The van der Waals surface area contributed by atoms with E-state index in [1.54, 1.807) is 7.11 Å². The van der Waals surface area contributed by atoms with Gasteiger partial charge in [-0.15, -0.1) is 0 Å². The Morgan fingerprint density at radius 1 is 0.903 bits per heavy atom. The summed E-state index contributed by atoms with van der Waals surface area (Å²) in [4.78, 5) is 5.30. The van der Waals surface area contributed by atoms with E-state index in [1.165, 1.54) is 16.3 Å². The molecule has 0 saturated heterocycles. The first-order valence-corrected chi connectivity index (χ1v) is 13.2. The van der Waals surface area contributed by atoms with Crippen molar-refractivity contribution in [2.45, 2.75) is 59.2 Å². The topological polar surface area (TPSA) is 31.4 Å². The number of aryl methyl sites for hydroxylation is 2. The number of nitrogens with zero attached hydrogens (tertiary/aromatic N) is 1. The van der Waals surface area contributed by atoms with Crippen LogP contribution in [0.3, 0.4) is 0 Å². The summed E-state index contributed by atoms with van der Waals surface area (Å²) in [5.41, 5.74) is 8.94. The van der Waals surface area contributed by atoms with Crippen molar-refractivity contribution < 1.29 is 9.16 Å². The number of pyridine rings is 1. The van der Waals surface area contributed by atoms with Crippen LogP contribution in [0.5, 0.6) is 5.75 Å². The second-order valence-corrected chi connectivity index (χ2v) is 14.0. The Hall–Kier alpha value is -2.43. The van der Waals surface area contributed by atoms with Crippen LogP contribution < -0.4 is 9.92 Å². The molecule has 0 radical (unpaired) electrons. The maximum absolute atomic E-state index is 6.75. The third-order valence-electron chi connectivity index (χ3n) is 6.68. The molecule has 0 unspecified atom stereocenters. The molecule has 3 aromatic rings. The molecule has 162 valence electrons. The normalized spacial score (nSPS) is 14.9. The number of benzene rings is 2. The van der Waals surface area contributed by atoms with E-state index in [2.05, 4.69) is 90.1 Å². The highest BCUT2D eigenvalue weighted by atomic mass is 28.4. The van der Waals surface area contributed by atoms with E-state index in [4.69, 9.17) is 14.1 Å². The number of hydrogen-bond acceptors (Lipinski definition) is 3. The summed E-state index contributed by atoms with van der Waals surface area (Å²) < 4.78 is 12.3. The summed E-state index contributed by atoms with van der Waals surface area (Å²) >= 11 is 0. The zero-order valence-electron chi connectivity index (χ0n) is 19.7. The van der Waals surface area contributed by atoms with Gasteiger partial charge in [-0.25, -0.2) is 4.98 Å². The molecule has 31 heavy (non-hydrogen) atoms. The Bertz CT molecular complexity index is 1070. The lowest BCUT2D eigenvalue weighted by Gasteiger charge is -2.35. The van der Waals surface area contributed by atoms with E-state index in [0.717, 1.165) is 33.8 Å². The van der Waals surface area contributed by atoms with Gasteiger partial charge in [-0.1, -0.05) is 58.0 Å². The summed E-state index contributed by atoms with van der Waals surface area (Å²) in [5.74, 6) is 0.947. The summed E-state index contributed by atoms with van der Waals surface area (Å²) in [6.45, 7) is 14.2. The van der Waals surface area contributed by atoms with Crippen molar-refractivity contribution in [3.8, 4) is 28.3 Å². The molecule has 0 N–H and O–H groups in total. The fourth-order valence-electron chi connectivity index (χ4n) is 5.37. The molecule has 0 spiro atoms. The summed E-state index contributed by atoms with van der Waals surface area (Å²) in [6.07, 6.45) is 0. The van der Waals surface area contributed by atoms with Crippen LogP contribution in [0.4, 0.5) is 0 Å². The van der Waals surface area contributed by atoms with Gasteiger partial charge in [-0.3, -0.25) is 0 Å². The van der Waals surface area contributed by atoms with Crippen molar-refractivity contribution in [2.75, 3.05) is 7.11 Å². The Morgan fingerprint density at radius 2 is 1.52 bits per heavy atom. The van der Waals surface area contributed by atoms with E-state index in [1.807, 2.05) is 0 Å². The van der Waals surface area contributed by atoms with Crippen LogP contribution in [0.1, 0.15) is 44.4 Å². The van der Waals surface area contributed by atoms with Crippen LogP contribution in [0, 0.1) is 13.8 Å². The van der Waals surface area contributed by atoms with Crippen LogP contribution in [0.15, 0.2) is 48.5 Å². The maximum Gasteiger partial charge on any atom is 0.232 e. The Morgan fingerprint density at radius 3 is 2.06 bits per heavy atom. The number of methoxy groups -OCH3 is 1. The molecule has 4 heteroatoms. The minimum atomic E-state index is -2.18. The standard InChI is InChI=1S/C27H33NO2Si/c1-17(2)31(18(3)4)27-23(16-30-31)15-24(28-25(27)21-11-9-8-10-12-21)22-13-19(5)26(29-7)20(6)14-22/h8-15,17-18H,16H2,1-7H3. The van der Waals surface area contributed by atoms with Crippen LogP contribution in [0.25, 0.3) is 22.5 Å². The molecule has 1 aromatic heterocycles. The number of ether oxygens (including phenoxy) is 1. The maximum atomic E-state index is 6.75. The SMILES string of the molecule is COc1c(C)cc(-c2cc3c(c(-c4ccccc4)n2)[Si](C(C)C)(C(C)C)OC3)cc1C. The minimum absolute atomic E-state index is 0.481. The zero-order valence-corrected chi connectivity index (χ0v) is 20.7. The molecule has 0 saturated carbocycles. The predicted octanol–water partition coefficient (Wildman–Crippen LogP) is 6.54. The Kier molecular flexibility index (Phi) is 5.80. The van der Waals surface area contributed by atoms with E-state index in [0.29, 0.717) is 17.7 Å². The largest absolute Gasteiger partial charge is 0.496 e. The van der Waals surface area contributed by atoms with Crippen LogP contribution in [0.2, 0.25) is 11.1 Å². The summed E-state index contributed by atoms with van der Waals surface area (Å²) in [7, 11) is -0.446. The average molecular weight is 432 g/mol. The van der Waals surface area contributed by atoms with Gasteiger partial charge in [0, 0.05) is 11.1 Å². The number of rotatable bonds is 5. The van der Waals surface area contributed by atoms with Crippen molar-refractivity contribution >= 4 is 13.5 Å². The van der Waals surface area contributed by atoms with Gasteiger partial charge in [-0.05, 0) is 65.0 Å². The van der Waals surface area contributed by atoms with Gasteiger partial charge >= 0.3 is 0 Å². The molecular formula is C27H33NO2Si. The van der Waals surface area contributed by atoms with Crippen molar-refractivity contribution in [3.63, 3.8) is 0 Å². The summed E-state index contributed by atoms with van der Waals surface area (Å²) in [5, 5.41) is 1.40. The van der Waals surface area contributed by atoms with Gasteiger partial charge in [0.15, 0.2) is 0 Å². The van der Waals surface area contributed by atoms with E-state index in [-0.39, 0.29) is 0 Å². The third kappa shape index (κ3) is 3.52. The predicted molar refractivity (Wildman–Crippen MR) is 132 cm³/mol. The molecule has 2 aromatic carbocycles. The van der Waals surface area contributed by atoms with Gasteiger partial charge in [0.05, 0.1) is 25.1 Å². The zero-order chi connectivity index (χ0) is 22.3. The van der Waals surface area contributed by atoms with Crippen LogP contribution in [-0.4, -0.2) is 20.4 Å². The van der Waals surface area contributed by atoms with Gasteiger partial charge in [0.25, 0.3) is 0 Å². The molecule has 3 nitrogen and oxygen atoms in total. The number of hydrogen-bond donors (Lipinski definition) is 0.